The Morgan fingerprint density at radius 3 is 2.48 bits per heavy atom. The maximum absolute atomic E-state index is 12.0. The molecule has 0 saturated carbocycles. The van der Waals surface area contributed by atoms with Crippen LogP contribution in [0.1, 0.15) is 25.8 Å². The normalized spacial score (nSPS) is 23.0. The van der Waals surface area contributed by atoms with Crippen LogP contribution in [0.3, 0.4) is 0 Å². The topological polar surface area (TPSA) is 67.6 Å². The van der Waals surface area contributed by atoms with Crippen LogP contribution in [-0.4, -0.2) is 42.6 Å². The summed E-state index contributed by atoms with van der Waals surface area (Å²) in [5.74, 6) is 0.0438. The molecule has 0 unspecified atom stereocenters. The molecular weight excluding hydrogens is 266 g/mol. The highest BCUT2D eigenvalue weighted by atomic mass is 16.5. The Kier molecular flexibility index (Phi) is 5.73. The van der Waals surface area contributed by atoms with E-state index >= 15 is 0 Å². The average molecular weight is 291 g/mol. The highest BCUT2D eigenvalue weighted by Crippen LogP contribution is 2.12. The molecule has 1 fully saturated rings. The van der Waals surface area contributed by atoms with Crippen LogP contribution in [0.2, 0.25) is 0 Å². The van der Waals surface area contributed by atoms with E-state index in [0.29, 0.717) is 13.0 Å². The summed E-state index contributed by atoms with van der Waals surface area (Å²) in [6.07, 6.45) is 0.971. The minimum absolute atomic E-state index is 0.0438. The number of nitrogens with one attached hydrogen (secondary N) is 1. The minimum atomic E-state index is 0.0438. The molecule has 1 aromatic carbocycles. The highest BCUT2D eigenvalue weighted by molar-refractivity contribution is 5.90. The van der Waals surface area contributed by atoms with Crippen molar-refractivity contribution in [1.29, 1.82) is 0 Å². The molecule has 1 saturated heterocycles. The molecule has 0 bridgehead atoms. The largest absolute Gasteiger partial charge is 0.373 e. The Morgan fingerprint density at radius 2 is 1.90 bits per heavy atom. The van der Waals surface area contributed by atoms with E-state index < -0.39 is 0 Å². The average Bonchev–Trinajstić information content (AvgIpc) is 2.45. The molecule has 0 spiro atoms. The zero-order chi connectivity index (χ0) is 15.2. The van der Waals surface area contributed by atoms with Gasteiger partial charge in [0.15, 0.2) is 0 Å². The van der Waals surface area contributed by atoms with Crippen molar-refractivity contribution in [3.8, 4) is 0 Å². The summed E-state index contributed by atoms with van der Waals surface area (Å²) in [6.45, 7) is 7.21. The number of carbonyl (C=O) groups is 1. The van der Waals surface area contributed by atoms with Crippen LogP contribution in [0.5, 0.6) is 0 Å². The third-order valence-electron chi connectivity index (χ3n) is 3.62. The zero-order valence-electron chi connectivity index (χ0n) is 12.8. The molecule has 1 aliphatic heterocycles. The zero-order valence-corrected chi connectivity index (χ0v) is 12.8. The summed E-state index contributed by atoms with van der Waals surface area (Å²) in [5.41, 5.74) is 7.43. The lowest BCUT2D eigenvalue weighted by atomic mass is 10.2. The Hall–Kier alpha value is -1.43. The molecule has 0 aromatic heterocycles. The number of morpholine rings is 1. The SMILES string of the molecule is C[C@@H]1CN(CCC(=O)Nc2ccc(CN)cc2)C[C@H](C)O1. The number of hydrogen-bond acceptors (Lipinski definition) is 4. The summed E-state index contributed by atoms with van der Waals surface area (Å²) in [5, 5.41) is 2.92. The predicted octanol–water partition coefficient (Wildman–Crippen LogP) is 1.58. The van der Waals surface area contributed by atoms with Crippen molar-refractivity contribution in [3.05, 3.63) is 29.8 Å². The summed E-state index contributed by atoms with van der Waals surface area (Å²) >= 11 is 0. The van der Waals surface area contributed by atoms with E-state index in [0.717, 1.165) is 30.9 Å². The van der Waals surface area contributed by atoms with Crippen molar-refractivity contribution >= 4 is 11.6 Å². The standard InChI is InChI=1S/C16H25N3O2/c1-12-10-19(11-13(2)21-12)8-7-16(20)18-15-5-3-14(9-17)4-6-15/h3-6,12-13H,7-11,17H2,1-2H3,(H,18,20)/t12-,13+. The second kappa shape index (κ2) is 7.54. The molecule has 1 aliphatic rings. The first-order valence-electron chi connectivity index (χ1n) is 7.53. The molecule has 1 amide bonds. The maximum Gasteiger partial charge on any atom is 0.225 e. The van der Waals surface area contributed by atoms with Crippen molar-refractivity contribution in [2.45, 2.75) is 39.0 Å². The lowest BCUT2D eigenvalue weighted by Crippen LogP contribution is -2.46. The first-order chi connectivity index (χ1) is 10.1. The van der Waals surface area contributed by atoms with Crippen LogP contribution in [-0.2, 0) is 16.1 Å². The van der Waals surface area contributed by atoms with Crippen molar-refractivity contribution in [3.63, 3.8) is 0 Å². The summed E-state index contributed by atoms with van der Waals surface area (Å²) in [6, 6.07) is 7.64. The Morgan fingerprint density at radius 1 is 1.29 bits per heavy atom. The van der Waals surface area contributed by atoms with E-state index in [2.05, 4.69) is 24.1 Å². The van der Waals surface area contributed by atoms with Gasteiger partial charge in [-0.05, 0) is 31.5 Å². The van der Waals surface area contributed by atoms with Gasteiger partial charge in [-0.15, -0.1) is 0 Å². The van der Waals surface area contributed by atoms with Gasteiger partial charge in [-0.25, -0.2) is 0 Å². The van der Waals surface area contributed by atoms with Gasteiger partial charge in [0.05, 0.1) is 12.2 Å². The van der Waals surface area contributed by atoms with Gasteiger partial charge in [0, 0.05) is 38.3 Å². The first-order valence-corrected chi connectivity index (χ1v) is 7.53. The Bertz CT molecular complexity index is 451. The molecule has 116 valence electrons. The van der Waals surface area contributed by atoms with Gasteiger partial charge in [0.1, 0.15) is 0 Å². The molecule has 2 atom stereocenters. The number of hydrogen-bond donors (Lipinski definition) is 2. The summed E-state index contributed by atoms with van der Waals surface area (Å²) < 4.78 is 5.69. The van der Waals surface area contributed by atoms with Crippen LogP contribution in [0, 0.1) is 0 Å². The summed E-state index contributed by atoms with van der Waals surface area (Å²) in [7, 11) is 0. The fraction of sp³-hybridized carbons (Fsp3) is 0.562. The first kappa shape index (κ1) is 15.9. The van der Waals surface area contributed by atoms with Crippen LogP contribution in [0.15, 0.2) is 24.3 Å². The predicted molar refractivity (Wildman–Crippen MR) is 84.0 cm³/mol. The molecule has 0 aliphatic carbocycles. The number of benzene rings is 1. The number of amides is 1. The van der Waals surface area contributed by atoms with Gasteiger partial charge < -0.3 is 15.8 Å². The lowest BCUT2D eigenvalue weighted by molar-refractivity contribution is -0.117. The molecular formula is C16H25N3O2. The Balaban J connectivity index is 1.76. The van der Waals surface area contributed by atoms with Crippen molar-refractivity contribution in [2.24, 2.45) is 5.73 Å². The van der Waals surface area contributed by atoms with Gasteiger partial charge in [-0.2, -0.15) is 0 Å². The second-order valence-electron chi connectivity index (χ2n) is 5.72. The van der Waals surface area contributed by atoms with Gasteiger partial charge in [0.25, 0.3) is 0 Å². The summed E-state index contributed by atoms with van der Waals surface area (Å²) in [4.78, 5) is 14.3. The van der Waals surface area contributed by atoms with Gasteiger partial charge in [0.2, 0.25) is 5.91 Å². The highest BCUT2D eigenvalue weighted by Gasteiger charge is 2.22. The number of rotatable bonds is 5. The number of carbonyl (C=O) groups excluding carboxylic acids is 1. The third kappa shape index (κ3) is 5.12. The van der Waals surface area contributed by atoms with E-state index in [1.54, 1.807) is 0 Å². The van der Waals surface area contributed by atoms with Gasteiger partial charge >= 0.3 is 0 Å². The van der Waals surface area contributed by atoms with Crippen molar-refractivity contribution < 1.29 is 9.53 Å². The smallest absolute Gasteiger partial charge is 0.225 e. The van der Waals surface area contributed by atoms with E-state index in [1.807, 2.05) is 24.3 Å². The van der Waals surface area contributed by atoms with Crippen LogP contribution in [0.25, 0.3) is 0 Å². The quantitative estimate of drug-likeness (QED) is 0.864. The maximum atomic E-state index is 12.0. The molecule has 5 heteroatoms. The van der Waals surface area contributed by atoms with E-state index in [-0.39, 0.29) is 18.1 Å². The third-order valence-corrected chi connectivity index (χ3v) is 3.62. The van der Waals surface area contributed by atoms with E-state index in [9.17, 15) is 4.79 Å². The number of anilines is 1. The molecule has 1 aromatic rings. The lowest BCUT2D eigenvalue weighted by Gasteiger charge is -2.35. The molecule has 2 rings (SSSR count). The molecule has 5 nitrogen and oxygen atoms in total. The molecule has 3 N–H and O–H groups in total. The molecule has 1 heterocycles. The molecule has 21 heavy (non-hydrogen) atoms. The van der Waals surface area contributed by atoms with Gasteiger partial charge in [-0.1, -0.05) is 12.1 Å². The van der Waals surface area contributed by atoms with Crippen LogP contribution >= 0.6 is 0 Å². The number of nitrogens with zero attached hydrogens (tertiary/aromatic N) is 1. The van der Waals surface area contributed by atoms with Crippen molar-refractivity contribution in [2.75, 3.05) is 25.0 Å². The minimum Gasteiger partial charge on any atom is -0.373 e. The Labute approximate surface area is 126 Å². The van der Waals surface area contributed by atoms with Gasteiger partial charge in [-0.3, -0.25) is 9.69 Å². The van der Waals surface area contributed by atoms with Crippen LogP contribution in [0.4, 0.5) is 5.69 Å². The number of nitrogens with two attached hydrogens (primary N) is 1. The van der Waals surface area contributed by atoms with Crippen molar-refractivity contribution in [1.82, 2.24) is 4.90 Å². The second-order valence-corrected chi connectivity index (χ2v) is 5.72. The van der Waals surface area contributed by atoms with E-state index in [4.69, 9.17) is 10.5 Å². The fourth-order valence-corrected chi connectivity index (χ4v) is 2.67. The fourth-order valence-electron chi connectivity index (χ4n) is 2.67. The van der Waals surface area contributed by atoms with E-state index in [1.165, 1.54) is 0 Å². The monoisotopic (exact) mass is 291 g/mol. The molecule has 0 radical (unpaired) electrons. The van der Waals surface area contributed by atoms with Crippen LogP contribution < -0.4 is 11.1 Å². The number of ether oxygens (including phenoxy) is 1.